The van der Waals surface area contributed by atoms with E-state index in [2.05, 4.69) is 6.92 Å². The highest BCUT2D eigenvalue weighted by Crippen LogP contribution is 2.12. The lowest BCUT2D eigenvalue weighted by molar-refractivity contribution is -0.137. The number of rotatable bonds is 18. The molecule has 0 rings (SSSR count). The van der Waals surface area contributed by atoms with Crippen LogP contribution in [0.2, 0.25) is 0 Å². The van der Waals surface area contributed by atoms with Crippen LogP contribution in [0.15, 0.2) is 0 Å². The predicted octanol–water partition coefficient (Wildman–Crippen LogP) is 3.43. The van der Waals surface area contributed by atoms with E-state index in [-0.39, 0.29) is 13.0 Å². The second-order valence-corrected chi connectivity index (χ2v) is 6.79. The summed E-state index contributed by atoms with van der Waals surface area (Å²) >= 11 is 0. The van der Waals surface area contributed by atoms with Gasteiger partial charge in [0.15, 0.2) is 0 Å². The third-order valence-corrected chi connectivity index (χ3v) is 4.42. The lowest BCUT2D eigenvalue weighted by Gasteiger charge is -2.23. The van der Waals surface area contributed by atoms with Crippen molar-refractivity contribution in [2.24, 2.45) is 0 Å². The fourth-order valence-corrected chi connectivity index (χ4v) is 2.95. The van der Waals surface area contributed by atoms with Crippen LogP contribution in [-0.4, -0.2) is 58.5 Å². The smallest absolute Gasteiger partial charge is 0.304 e. The van der Waals surface area contributed by atoms with E-state index in [1.54, 1.807) is 0 Å². The third kappa shape index (κ3) is 16.2. The molecule has 0 saturated heterocycles. The Bertz CT molecular complexity index is 287. The molecular formula is C19H39NO4. The summed E-state index contributed by atoms with van der Waals surface area (Å²) in [5.41, 5.74) is 0. The van der Waals surface area contributed by atoms with Crippen LogP contribution < -0.4 is 0 Å². The second kappa shape index (κ2) is 17.2. The minimum atomic E-state index is -0.845. The van der Waals surface area contributed by atoms with E-state index in [1.807, 2.05) is 4.90 Å². The van der Waals surface area contributed by atoms with E-state index in [9.17, 15) is 9.90 Å². The Labute approximate surface area is 148 Å². The van der Waals surface area contributed by atoms with E-state index in [1.165, 1.54) is 51.4 Å². The zero-order valence-corrected chi connectivity index (χ0v) is 15.6. The van der Waals surface area contributed by atoms with Crippen LogP contribution in [-0.2, 0) is 4.79 Å². The summed E-state index contributed by atoms with van der Waals surface area (Å²) in [6, 6.07) is 0. The molecule has 0 heterocycles. The first-order valence-corrected chi connectivity index (χ1v) is 9.83. The van der Waals surface area contributed by atoms with Gasteiger partial charge in [0.2, 0.25) is 0 Å². The van der Waals surface area contributed by atoms with E-state index in [4.69, 9.17) is 10.2 Å². The molecule has 0 spiro atoms. The molecule has 0 aromatic heterocycles. The van der Waals surface area contributed by atoms with Gasteiger partial charge in [0.05, 0.1) is 19.1 Å². The minimum Gasteiger partial charge on any atom is -0.481 e. The van der Waals surface area contributed by atoms with Crippen LogP contribution in [0.4, 0.5) is 0 Å². The molecule has 5 nitrogen and oxygen atoms in total. The van der Waals surface area contributed by atoms with Gasteiger partial charge in [-0.1, -0.05) is 71.1 Å². The SMILES string of the molecule is CCCCCCCCCCCC[C@H](O)CN(CCO)CCC(=O)O. The van der Waals surface area contributed by atoms with E-state index < -0.39 is 12.1 Å². The molecule has 144 valence electrons. The number of nitrogens with zero attached hydrogens (tertiary/aromatic N) is 1. The Kier molecular flexibility index (Phi) is 16.7. The van der Waals surface area contributed by atoms with Crippen molar-refractivity contribution < 1.29 is 20.1 Å². The summed E-state index contributed by atoms with van der Waals surface area (Å²) in [6.45, 7) is 3.48. The molecule has 3 N–H and O–H groups in total. The Morgan fingerprint density at radius 3 is 1.96 bits per heavy atom. The molecule has 0 saturated carbocycles. The predicted molar refractivity (Wildman–Crippen MR) is 98.2 cm³/mol. The van der Waals surface area contributed by atoms with Gasteiger partial charge in [0, 0.05) is 19.6 Å². The second-order valence-electron chi connectivity index (χ2n) is 6.79. The topological polar surface area (TPSA) is 81.0 Å². The summed E-state index contributed by atoms with van der Waals surface area (Å²) in [5.74, 6) is -0.845. The van der Waals surface area contributed by atoms with E-state index in [0.717, 1.165) is 19.3 Å². The molecule has 0 aromatic carbocycles. The summed E-state index contributed by atoms with van der Waals surface area (Å²) in [5, 5.41) is 27.8. The Hall–Kier alpha value is -0.650. The molecular weight excluding hydrogens is 306 g/mol. The van der Waals surface area contributed by atoms with Gasteiger partial charge in [0.25, 0.3) is 0 Å². The highest BCUT2D eigenvalue weighted by Gasteiger charge is 2.12. The molecule has 0 aliphatic carbocycles. The van der Waals surface area contributed by atoms with Crippen molar-refractivity contribution in [3.05, 3.63) is 0 Å². The van der Waals surface area contributed by atoms with Crippen molar-refractivity contribution in [3.8, 4) is 0 Å². The lowest BCUT2D eigenvalue weighted by atomic mass is 10.0. The number of aliphatic hydroxyl groups is 2. The molecule has 0 bridgehead atoms. The number of carboxylic acids is 1. The Balaban J connectivity index is 3.55. The maximum atomic E-state index is 10.6. The van der Waals surface area contributed by atoms with Crippen LogP contribution in [0.5, 0.6) is 0 Å². The van der Waals surface area contributed by atoms with Gasteiger partial charge in [-0.3, -0.25) is 9.69 Å². The van der Waals surface area contributed by atoms with Crippen molar-refractivity contribution in [2.75, 3.05) is 26.2 Å². The molecule has 0 unspecified atom stereocenters. The van der Waals surface area contributed by atoms with Gasteiger partial charge in [-0.15, -0.1) is 0 Å². The summed E-state index contributed by atoms with van der Waals surface area (Å²) < 4.78 is 0. The number of carbonyl (C=O) groups is 1. The molecule has 0 fully saturated rings. The van der Waals surface area contributed by atoms with Crippen molar-refractivity contribution in [1.29, 1.82) is 0 Å². The molecule has 0 radical (unpaired) electrons. The monoisotopic (exact) mass is 345 g/mol. The first-order chi connectivity index (χ1) is 11.6. The largest absolute Gasteiger partial charge is 0.481 e. The summed E-state index contributed by atoms with van der Waals surface area (Å²) in [7, 11) is 0. The molecule has 0 aliphatic heterocycles. The van der Waals surface area contributed by atoms with Crippen LogP contribution in [0, 0.1) is 0 Å². The van der Waals surface area contributed by atoms with Gasteiger partial charge < -0.3 is 15.3 Å². The maximum absolute atomic E-state index is 10.6. The lowest BCUT2D eigenvalue weighted by Crippen LogP contribution is -2.36. The number of hydrogen-bond acceptors (Lipinski definition) is 4. The van der Waals surface area contributed by atoms with Crippen LogP contribution in [0.25, 0.3) is 0 Å². The number of hydrogen-bond donors (Lipinski definition) is 3. The van der Waals surface area contributed by atoms with Crippen LogP contribution in [0.1, 0.15) is 84.0 Å². The maximum Gasteiger partial charge on any atom is 0.304 e. The van der Waals surface area contributed by atoms with Crippen LogP contribution in [0.3, 0.4) is 0 Å². The minimum absolute atomic E-state index is 0.00933. The van der Waals surface area contributed by atoms with Gasteiger partial charge in [-0.25, -0.2) is 0 Å². The van der Waals surface area contributed by atoms with Gasteiger partial charge >= 0.3 is 5.97 Å². The summed E-state index contributed by atoms with van der Waals surface area (Å²) in [6.07, 6.45) is 13.1. The standard InChI is InChI=1S/C19H39NO4/c1-2-3-4-5-6-7-8-9-10-11-12-18(22)17-20(15-16-21)14-13-19(23)24/h18,21-22H,2-17H2,1H3,(H,23,24)/t18-/m0/s1. The molecule has 0 aliphatic rings. The molecule has 1 atom stereocenters. The molecule has 5 heteroatoms. The summed E-state index contributed by atoms with van der Waals surface area (Å²) in [4.78, 5) is 12.4. The molecule has 0 aromatic rings. The Morgan fingerprint density at radius 2 is 1.46 bits per heavy atom. The number of carboxylic acid groups (broad SMARTS) is 1. The fourth-order valence-electron chi connectivity index (χ4n) is 2.95. The van der Waals surface area contributed by atoms with Crippen molar-refractivity contribution >= 4 is 5.97 Å². The fraction of sp³-hybridized carbons (Fsp3) is 0.947. The average Bonchev–Trinajstić information content (AvgIpc) is 2.54. The number of aliphatic carboxylic acids is 1. The highest BCUT2D eigenvalue weighted by molar-refractivity contribution is 5.66. The van der Waals surface area contributed by atoms with Gasteiger partial charge in [0.1, 0.15) is 0 Å². The van der Waals surface area contributed by atoms with Crippen molar-refractivity contribution in [1.82, 2.24) is 4.90 Å². The molecule has 24 heavy (non-hydrogen) atoms. The van der Waals surface area contributed by atoms with Crippen LogP contribution >= 0.6 is 0 Å². The van der Waals surface area contributed by atoms with E-state index >= 15 is 0 Å². The van der Waals surface area contributed by atoms with Gasteiger partial charge in [-0.2, -0.15) is 0 Å². The molecule has 0 amide bonds. The van der Waals surface area contributed by atoms with Gasteiger partial charge in [-0.05, 0) is 6.42 Å². The van der Waals surface area contributed by atoms with Crippen molar-refractivity contribution in [3.63, 3.8) is 0 Å². The third-order valence-electron chi connectivity index (χ3n) is 4.42. The number of aliphatic hydroxyl groups excluding tert-OH is 2. The first-order valence-electron chi connectivity index (χ1n) is 9.83. The zero-order chi connectivity index (χ0) is 18.0. The van der Waals surface area contributed by atoms with Crippen molar-refractivity contribution in [2.45, 2.75) is 90.1 Å². The quantitative estimate of drug-likeness (QED) is 0.332. The number of unbranched alkanes of at least 4 members (excludes halogenated alkanes) is 9. The zero-order valence-electron chi connectivity index (χ0n) is 15.6. The first kappa shape index (κ1) is 23.4. The highest BCUT2D eigenvalue weighted by atomic mass is 16.4. The van der Waals surface area contributed by atoms with E-state index in [0.29, 0.717) is 19.6 Å². The Morgan fingerprint density at radius 1 is 0.917 bits per heavy atom. The normalized spacial score (nSPS) is 12.7. The average molecular weight is 346 g/mol.